The Morgan fingerprint density at radius 3 is 2.44 bits per heavy atom. The third-order valence-corrected chi connectivity index (χ3v) is 5.49. The van der Waals surface area contributed by atoms with E-state index in [-0.39, 0.29) is 11.9 Å². The van der Waals surface area contributed by atoms with Crippen molar-refractivity contribution in [1.82, 2.24) is 24.8 Å². The Morgan fingerprint density at radius 1 is 1.11 bits per heavy atom. The molecular formula is C20H29N5O2. The zero-order chi connectivity index (χ0) is 19.2. The average Bonchev–Trinajstić information content (AvgIpc) is 3.08. The maximum atomic E-state index is 12.8. The van der Waals surface area contributed by atoms with Gasteiger partial charge in [-0.3, -0.25) is 4.79 Å². The summed E-state index contributed by atoms with van der Waals surface area (Å²) in [4.78, 5) is 26.2. The third kappa shape index (κ3) is 4.53. The van der Waals surface area contributed by atoms with E-state index in [0.29, 0.717) is 17.4 Å². The number of amides is 1. The number of aliphatic hydroxyl groups is 1. The molecule has 2 heterocycles. The largest absolute Gasteiger partial charge is 0.400 e. The minimum atomic E-state index is -0.0710. The second-order valence-corrected chi connectivity index (χ2v) is 7.33. The highest BCUT2D eigenvalue weighted by Gasteiger charge is 2.25. The topological polar surface area (TPSA) is 92.9 Å². The van der Waals surface area contributed by atoms with E-state index in [9.17, 15) is 4.79 Å². The molecule has 2 aliphatic carbocycles. The monoisotopic (exact) mass is 371 g/mol. The van der Waals surface area contributed by atoms with Gasteiger partial charge in [-0.15, -0.1) is 0 Å². The molecule has 2 fully saturated rings. The minimum absolute atomic E-state index is 0.0710. The molecule has 0 saturated heterocycles. The number of nitrogens with one attached hydrogen (secondary N) is 1. The molecule has 7 nitrogen and oxygen atoms in total. The predicted molar refractivity (Wildman–Crippen MR) is 103 cm³/mol. The van der Waals surface area contributed by atoms with Crippen LogP contribution in [0.3, 0.4) is 0 Å². The molecule has 0 atom stereocenters. The standard InChI is InChI=1S/C19H25N5O.CH4O/c1-24-12-20-11-17(24)18-22-15(13-6-5-7-13)10-16(23-18)19(25)21-14-8-3-2-4-9-14;1-2/h10-14H,2-9H2,1H3,(H,21,25);2H,1H3. The van der Waals surface area contributed by atoms with E-state index in [1.165, 1.54) is 25.7 Å². The second-order valence-electron chi connectivity index (χ2n) is 7.33. The first-order valence-electron chi connectivity index (χ1n) is 9.82. The van der Waals surface area contributed by atoms with E-state index < -0.39 is 0 Å². The Kier molecular flexibility index (Phi) is 6.55. The second kappa shape index (κ2) is 9.08. The number of carbonyl (C=O) groups is 1. The number of rotatable bonds is 4. The first-order valence-corrected chi connectivity index (χ1v) is 9.82. The number of hydrogen-bond acceptors (Lipinski definition) is 5. The molecule has 0 unspecified atom stereocenters. The number of imidazole rings is 1. The van der Waals surface area contributed by atoms with Gasteiger partial charge in [0.1, 0.15) is 11.4 Å². The van der Waals surface area contributed by atoms with Crippen LogP contribution in [0.5, 0.6) is 0 Å². The summed E-state index contributed by atoms with van der Waals surface area (Å²) in [5.41, 5.74) is 2.32. The number of aryl methyl sites for hydroxylation is 1. The van der Waals surface area contributed by atoms with E-state index >= 15 is 0 Å². The van der Waals surface area contributed by atoms with Crippen molar-refractivity contribution in [3.8, 4) is 11.5 Å². The normalized spacial score (nSPS) is 17.6. The number of aliphatic hydroxyl groups excluding tert-OH is 1. The van der Waals surface area contributed by atoms with E-state index in [4.69, 9.17) is 10.1 Å². The van der Waals surface area contributed by atoms with E-state index in [0.717, 1.165) is 44.2 Å². The fourth-order valence-electron chi connectivity index (χ4n) is 3.69. The van der Waals surface area contributed by atoms with Crippen molar-refractivity contribution >= 4 is 5.91 Å². The van der Waals surface area contributed by atoms with Crippen LogP contribution in [0.15, 0.2) is 18.6 Å². The van der Waals surface area contributed by atoms with Gasteiger partial charge in [0.05, 0.1) is 12.5 Å². The van der Waals surface area contributed by atoms with Gasteiger partial charge in [-0.05, 0) is 31.7 Å². The fourth-order valence-corrected chi connectivity index (χ4v) is 3.69. The summed E-state index contributed by atoms with van der Waals surface area (Å²) in [7, 11) is 2.92. The number of hydrogen-bond donors (Lipinski definition) is 2. The van der Waals surface area contributed by atoms with Gasteiger partial charge in [-0.25, -0.2) is 15.0 Å². The highest BCUT2D eigenvalue weighted by molar-refractivity contribution is 5.93. The first-order chi connectivity index (χ1) is 13.2. The molecule has 2 saturated carbocycles. The van der Waals surface area contributed by atoms with Crippen molar-refractivity contribution in [2.45, 2.75) is 63.3 Å². The molecule has 2 aromatic heterocycles. The fraction of sp³-hybridized carbons (Fsp3) is 0.600. The smallest absolute Gasteiger partial charge is 0.270 e. The van der Waals surface area contributed by atoms with Crippen LogP contribution in [0.4, 0.5) is 0 Å². The molecule has 2 aromatic rings. The van der Waals surface area contributed by atoms with E-state index in [1.54, 1.807) is 12.5 Å². The Morgan fingerprint density at radius 2 is 1.85 bits per heavy atom. The maximum absolute atomic E-state index is 12.8. The Hall–Kier alpha value is -2.28. The molecule has 1 amide bonds. The molecule has 0 bridgehead atoms. The Bertz CT molecular complexity index is 763. The van der Waals surface area contributed by atoms with Gasteiger partial charge in [-0.1, -0.05) is 25.7 Å². The van der Waals surface area contributed by atoms with Crippen molar-refractivity contribution in [1.29, 1.82) is 0 Å². The molecule has 7 heteroatoms. The molecule has 2 N–H and O–H groups in total. The number of nitrogens with zero attached hydrogens (tertiary/aromatic N) is 4. The molecule has 27 heavy (non-hydrogen) atoms. The SMILES string of the molecule is CO.Cn1cncc1-c1nc(C(=O)NC2CCCCC2)cc(C2CCC2)n1. The zero-order valence-electron chi connectivity index (χ0n) is 16.2. The molecule has 0 radical (unpaired) electrons. The highest BCUT2D eigenvalue weighted by Crippen LogP contribution is 2.36. The lowest BCUT2D eigenvalue weighted by Crippen LogP contribution is -2.36. The summed E-state index contributed by atoms with van der Waals surface area (Å²) in [5.74, 6) is 0.979. The van der Waals surface area contributed by atoms with Crippen molar-refractivity contribution in [2.24, 2.45) is 7.05 Å². The zero-order valence-corrected chi connectivity index (χ0v) is 16.2. The van der Waals surface area contributed by atoms with Crippen molar-refractivity contribution < 1.29 is 9.90 Å². The van der Waals surface area contributed by atoms with Gasteiger partial charge in [-0.2, -0.15) is 0 Å². The van der Waals surface area contributed by atoms with Crippen LogP contribution in [0, 0.1) is 0 Å². The van der Waals surface area contributed by atoms with Crippen molar-refractivity contribution in [3.05, 3.63) is 30.0 Å². The molecule has 146 valence electrons. The predicted octanol–water partition coefficient (Wildman–Crippen LogP) is 2.82. The summed E-state index contributed by atoms with van der Waals surface area (Å²) in [5, 5.41) is 10.2. The average molecular weight is 371 g/mol. The van der Waals surface area contributed by atoms with Gasteiger partial charge in [0.25, 0.3) is 5.91 Å². The third-order valence-electron chi connectivity index (χ3n) is 5.49. The van der Waals surface area contributed by atoms with Crippen LogP contribution in [0.2, 0.25) is 0 Å². The van der Waals surface area contributed by atoms with Crippen molar-refractivity contribution in [3.63, 3.8) is 0 Å². The van der Waals surface area contributed by atoms with E-state index in [1.807, 2.05) is 17.7 Å². The van der Waals surface area contributed by atoms with Gasteiger partial charge in [0, 0.05) is 31.8 Å². The Labute approximate surface area is 160 Å². The lowest BCUT2D eigenvalue weighted by atomic mass is 9.82. The summed E-state index contributed by atoms with van der Waals surface area (Å²) < 4.78 is 1.89. The Balaban J connectivity index is 0.00000102. The molecule has 0 aliphatic heterocycles. The van der Waals surface area contributed by atoms with Crippen LogP contribution in [-0.4, -0.2) is 43.7 Å². The molecule has 4 rings (SSSR count). The lowest BCUT2D eigenvalue weighted by Gasteiger charge is -2.26. The quantitative estimate of drug-likeness (QED) is 0.862. The summed E-state index contributed by atoms with van der Waals surface area (Å²) in [6, 6.07) is 2.17. The summed E-state index contributed by atoms with van der Waals surface area (Å²) in [6.45, 7) is 0. The van der Waals surface area contributed by atoms with Crippen LogP contribution in [0.1, 0.15) is 73.5 Å². The van der Waals surface area contributed by atoms with Crippen LogP contribution in [0.25, 0.3) is 11.5 Å². The van der Waals surface area contributed by atoms with Crippen LogP contribution in [-0.2, 0) is 7.05 Å². The van der Waals surface area contributed by atoms with Gasteiger partial charge in [0.2, 0.25) is 0 Å². The summed E-state index contributed by atoms with van der Waals surface area (Å²) >= 11 is 0. The van der Waals surface area contributed by atoms with Gasteiger partial charge < -0.3 is 15.0 Å². The lowest BCUT2D eigenvalue weighted by molar-refractivity contribution is 0.0922. The minimum Gasteiger partial charge on any atom is -0.400 e. The van der Waals surface area contributed by atoms with Crippen molar-refractivity contribution in [2.75, 3.05) is 7.11 Å². The number of aromatic nitrogens is 4. The highest BCUT2D eigenvalue weighted by atomic mass is 16.2. The first kappa shape index (κ1) is 19.5. The van der Waals surface area contributed by atoms with E-state index in [2.05, 4.69) is 15.3 Å². The summed E-state index contributed by atoms with van der Waals surface area (Å²) in [6.07, 6.45) is 12.8. The number of carbonyl (C=O) groups excluding carboxylic acids is 1. The molecule has 0 aromatic carbocycles. The maximum Gasteiger partial charge on any atom is 0.270 e. The van der Waals surface area contributed by atoms with Gasteiger partial charge >= 0.3 is 0 Å². The molecule has 0 spiro atoms. The van der Waals surface area contributed by atoms with Crippen LogP contribution >= 0.6 is 0 Å². The van der Waals surface area contributed by atoms with Crippen LogP contribution < -0.4 is 5.32 Å². The van der Waals surface area contributed by atoms with Gasteiger partial charge in [0.15, 0.2) is 5.82 Å². The molecule has 2 aliphatic rings. The molecular weight excluding hydrogens is 342 g/mol.